The van der Waals surface area contributed by atoms with Crippen molar-refractivity contribution in [2.75, 3.05) is 19.7 Å². The predicted octanol–water partition coefficient (Wildman–Crippen LogP) is 4.89. The molecule has 30 heavy (non-hydrogen) atoms. The molecule has 2 fully saturated rings. The number of piperidine rings is 1. The van der Waals surface area contributed by atoms with Crippen LogP contribution in [-0.2, 0) is 11.3 Å². The molecule has 5 heteroatoms. The molecular formula is C25H31FN2O2. The van der Waals surface area contributed by atoms with Crippen LogP contribution in [0.4, 0.5) is 4.39 Å². The Bertz CT molecular complexity index is 878. The molecule has 1 aromatic carbocycles. The molecule has 4 nitrogen and oxygen atoms in total. The number of hydrogen-bond donors (Lipinski definition) is 0. The minimum Gasteiger partial charge on any atom is -0.376 e. The van der Waals surface area contributed by atoms with Gasteiger partial charge in [0.2, 0.25) is 0 Å². The van der Waals surface area contributed by atoms with Crippen LogP contribution in [0, 0.1) is 17.2 Å². The van der Waals surface area contributed by atoms with Gasteiger partial charge in [-0.05, 0) is 76.7 Å². The van der Waals surface area contributed by atoms with Gasteiger partial charge in [0.1, 0.15) is 11.5 Å². The summed E-state index contributed by atoms with van der Waals surface area (Å²) in [6, 6.07) is 12.6. The van der Waals surface area contributed by atoms with E-state index in [4.69, 9.17) is 4.74 Å². The van der Waals surface area contributed by atoms with Crippen molar-refractivity contribution in [3.63, 3.8) is 0 Å². The first kappa shape index (κ1) is 21.1. The maximum atomic E-state index is 14.1. The van der Waals surface area contributed by atoms with Gasteiger partial charge in [-0.3, -0.25) is 14.7 Å². The molecule has 0 spiro atoms. The summed E-state index contributed by atoms with van der Waals surface area (Å²) in [5.74, 6) is 0.298. The minimum absolute atomic E-state index is 0.146. The highest BCUT2D eigenvalue weighted by Gasteiger charge is 2.52. The maximum Gasteiger partial charge on any atom is 0.187 e. The van der Waals surface area contributed by atoms with Crippen molar-refractivity contribution < 1.29 is 13.9 Å². The molecule has 1 aromatic heterocycles. The van der Waals surface area contributed by atoms with Crippen molar-refractivity contribution in [2.24, 2.45) is 11.3 Å². The largest absolute Gasteiger partial charge is 0.376 e. The van der Waals surface area contributed by atoms with E-state index in [1.807, 2.05) is 30.3 Å². The van der Waals surface area contributed by atoms with Gasteiger partial charge in [-0.1, -0.05) is 24.3 Å². The highest BCUT2D eigenvalue weighted by atomic mass is 19.1. The van der Waals surface area contributed by atoms with Crippen LogP contribution >= 0.6 is 0 Å². The van der Waals surface area contributed by atoms with Gasteiger partial charge in [0.15, 0.2) is 5.78 Å². The summed E-state index contributed by atoms with van der Waals surface area (Å²) >= 11 is 0. The molecule has 1 atom stereocenters. The molecule has 2 saturated heterocycles. The number of carbonyl (C=O) groups is 1. The summed E-state index contributed by atoms with van der Waals surface area (Å²) in [7, 11) is 0. The average Bonchev–Trinajstić information content (AvgIpc) is 2.75. The third kappa shape index (κ3) is 4.33. The zero-order valence-corrected chi connectivity index (χ0v) is 17.9. The lowest BCUT2D eigenvalue weighted by atomic mass is 9.60. The van der Waals surface area contributed by atoms with E-state index in [0.717, 1.165) is 37.9 Å². The van der Waals surface area contributed by atoms with Crippen molar-refractivity contribution in [1.82, 2.24) is 9.88 Å². The topological polar surface area (TPSA) is 42.4 Å². The Hall–Kier alpha value is -2.11. The van der Waals surface area contributed by atoms with Crippen LogP contribution in [0.25, 0.3) is 0 Å². The molecule has 0 radical (unpaired) electrons. The Morgan fingerprint density at radius 3 is 2.57 bits per heavy atom. The summed E-state index contributed by atoms with van der Waals surface area (Å²) in [4.78, 5) is 20.4. The monoisotopic (exact) mass is 410 g/mol. The van der Waals surface area contributed by atoms with E-state index >= 15 is 0 Å². The number of carbonyl (C=O) groups excluding carboxylic acids is 1. The fourth-order valence-electron chi connectivity index (χ4n) is 5.40. The molecular weight excluding hydrogens is 379 g/mol. The Labute approximate surface area is 178 Å². The number of benzene rings is 1. The van der Waals surface area contributed by atoms with E-state index < -0.39 is 5.41 Å². The van der Waals surface area contributed by atoms with Gasteiger partial charge in [0.05, 0.1) is 5.60 Å². The van der Waals surface area contributed by atoms with Crippen LogP contribution < -0.4 is 0 Å². The second-order valence-corrected chi connectivity index (χ2v) is 9.38. The third-order valence-electron chi connectivity index (χ3n) is 6.85. The molecule has 2 aromatic rings. The number of ether oxygens (including phenoxy) is 1. The second-order valence-electron chi connectivity index (χ2n) is 9.38. The first-order valence-electron chi connectivity index (χ1n) is 11.0. The lowest BCUT2D eigenvalue weighted by Crippen LogP contribution is -2.52. The van der Waals surface area contributed by atoms with Crippen LogP contribution in [0.3, 0.4) is 0 Å². The van der Waals surface area contributed by atoms with Gasteiger partial charge in [-0.2, -0.15) is 0 Å². The molecule has 2 aliphatic heterocycles. The Morgan fingerprint density at radius 2 is 1.90 bits per heavy atom. The number of halogens is 1. The first-order chi connectivity index (χ1) is 14.4. The molecule has 0 aliphatic carbocycles. The van der Waals surface area contributed by atoms with Gasteiger partial charge >= 0.3 is 0 Å². The molecule has 0 saturated carbocycles. The number of hydrogen-bond acceptors (Lipinski definition) is 4. The van der Waals surface area contributed by atoms with Crippen LogP contribution in [0.1, 0.15) is 55.6 Å². The standard InChI is InChI=1S/C25H31FN2O2/c1-24(2)18-25(12-16-30-24,23(29)22-9-5-6-13-27-22)20-10-14-28(15-11-20)17-19-7-3-4-8-21(19)26/h3-9,13,20H,10-12,14-18H2,1-2H3. The summed E-state index contributed by atoms with van der Waals surface area (Å²) < 4.78 is 20.0. The minimum atomic E-state index is -0.444. The molecule has 1 unspecified atom stereocenters. The Balaban J connectivity index is 1.53. The third-order valence-corrected chi connectivity index (χ3v) is 6.85. The fourth-order valence-corrected chi connectivity index (χ4v) is 5.40. The van der Waals surface area contributed by atoms with E-state index in [9.17, 15) is 9.18 Å². The SMILES string of the molecule is CC1(C)CC(C(=O)c2ccccn2)(C2CCN(Cc3ccccc3F)CC2)CCO1. The molecule has 2 aliphatic rings. The lowest BCUT2D eigenvalue weighted by Gasteiger charge is -2.50. The average molecular weight is 411 g/mol. The lowest BCUT2D eigenvalue weighted by molar-refractivity contribution is -0.113. The van der Waals surface area contributed by atoms with E-state index in [2.05, 4.69) is 23.7 Å². The highest BCUT2D eigenvalue weighted by molar-refractivity contribution is 5.99. The van der Waals surface area contributed by atoms with Crippen molar-refractivity contribution in [2.45, 2.75) is 51.7 Å². The predicted molar refractivity (Wildman–Crippen MR) is 115 cm³/mol. The fraction of sp³-hybridized carbons (Fsp3) is 0.520. The quantitative estimate of drug-likeness (QED) is 0.658. The van der Waals surface area contributed by atoms with Gasteiger partial charge in [-0.25, -0.2) is 4.39 Å². The van der Waals surface area contributed by atoms with Gasteiger partial charge in [0, 0.05) is 30.3 Å². The Morgan fingerprint density at radius 1 is 1.17 bits per heavy atom. The summed E-state index contributed by atoms with van der Waals surface area (Å²) in [6.07, 6.45) is 5.02. The van der Waals surface area contributed by atoms with Crippen molar-refractivity contribution in [3.8, 4) is 0 Å². The van der Waals surface area contributed by atoms with Crippen molar-refractivity contribution >= 4 is 5.78 Å². The highest BCUT2D eigenvalue weighted by Crippen LogP contribution is 2.49. The zero-order chi connectivity index (χ0) is 21.2. The molecule has 0 N–H and O–H groups in total. The van der Waals surface area contributed by atoms with Gasteiger partial charge in [-0.15, -0.1) is 0 Å². The number of nitrogens with zero attached hydrogens (tertiary/aromatic N) is 2. The maximum absolute atomic E-state index is 14.1. The van der Waals surface area contributed by atoms with Crippen LogP contribution in [-0.4, -0.2) is 41.0 Å². The van der Waals surface area contributed by atoms with E-state index in [0.29, 0.717) is 25.3 Å². The molecule has 160 valence electrons. The van der Waals surface area contributed by atoms with E-state index in [-0.39, 0.29) is 23.1 Å². The van der Waals surface area contributed by atoms with Gasteiger partial charge in [0.25, 0.3) is 0 Å². The molecule has 0 bridgehead atoms. The van der Waals surface area contributed by atoms with Crippen LogP contribution in [0.15, 0.2) is 48.7 Å². The number of pyridine rings is 1. The summed E-state index contributed by atoms with van der Waals surface area (Å²) in [5.41, 5.74) is 0.527. The summed E-state index contributed by atoms with van der Waals surface area (Å²) in [5, 5.41) is 0. The van der Waals surface area contributed by atoms with E-state index in [1.54, 1.807) is 12.3 Å². The van der Waals surface area contributed by atoms with Crippen LogP contribution in [0.5, 0.6) is 0 Å². The van der Waals surface area contributed by atoms with Crippen molar-refractivity contribution in [3.05, 3.63) is 65.7 Å². The number of Topliss-reactive ketones (excluding diaryl/α,β-unsaturated/α-hetero) is 1. The molecule has 4 rings (SSSR count). The van der Waals surface area contributed by atoms with Gasteiger partial charge < -0.3 is 4.74 Å². The summed E-state index contributed by atoms with van der Waals surface area (Å²) in [6.45, 7) is 7.13. The number of aromatic nitrogens is 1. The number of rotatable bonds is 5. The molecule has 3 heterocycles. The molecule has 0 amide bonds. The first-order valence-corrected chi connectivity index (χ1v) is 11.0. The Kier molecular flexibility index (Phi) is 6.03. The second kappa shape index (κ2) is 8.56. The smallest absolute Gasteiger partial charge is 0.187 e. The van der Waals surface area contributed by atoms with Crippen molar-refractivity contribution in [1.29, 1.82) is 0 Å². The van der Waals surface area contributed by atoms with E-state index in [1.165, 1.54) is 6.07 Å². The zero-order valence-electron chi connectivity index (χ0n) is 17.9. The number of likely N-dealkylation sites (tertiary alicyclic amines) is 1. The number of ketones is 1. The van der Waals surface area contributed by atoms with Crippen LogP contribution in [0.2, 0.25) is 0 Å². The normalized spacial score (nSPS) is 25.2.